The maximum atomic E-state index is 12.8. The molecule has 0 aromatic rings. The topological polar surface area (TPSA) is 139 Å². The molecule has 170 valence electrons. The highest BCUT2D eigenvalue weighted by atomic mass is 16.5. The first-order chi connectivity index (χ1) is 14.1. The molecule has 3 unspecified atom stereocenters. The van der Waals surface area contributed by atoms with E-state index in [1.165, 1.54) is 20.8 Å². The summed E-state index contributed by atoms with van der Waals surface area (Å²) in [6.45, 7) is 7.36. The molecule has 0 saturated carbocycles. The van der Waals surface area contributed by atoms with Crippen molar-refractivity contribution in [3.63, 3.8) is 0 Å². The van der Waals surface area contributed by atoms with Crippen LogP contribution >= 0.6 is 0 Å². The summed E-state index contributed by atoms with van der Waals surface area (Å²) in [6, 6.07) is 0. The standard InChI is InChI=1S/C20H30O10/c1-6-27-16(22)11-15(21)13(19(25)29-8-3)10-14(20(26)30-9-4)17(23)12(5)18(24)28-7-2/h12-14H,6-11H2,1-5H3. The van der Waals surface area contributed by atoms with Crippen molar-refractivity contribution in [2.75, 3.05) is 26.4 Å². The van der Waals surface area contributed by atoms with Crippen molar-refractivity contribution in [1.82, 2.24) is 0 Å². The number of ketones is 2. The molecule has 0 aromatic carbocycles. The number of ether oxygens (including phenoxy) is 4. The highest BCUT2D eigenvalue weighted by Crippen LogP contribution is 2.23. The van der Waals surface area contributed by atoms with E-state index in [0.29, 0.717) is 0 Å². The highest BCUT2D eigenvalue weighted by Gasteiger charge is 2.41. The molecule has 0 aliphatic carbocycles. The molecule has 0 radical (unpaired) electrons. The second kappa shape index (κ2) is 14.2. The first-order valence-corrected chi connectivity index (χ1v) is 9.86. The van der Waals surface area contributed by atoms with Gasteiger partial charge < -0.3 is 18.9 Å². The van der Waals surface area contributed by atoms with Gasteiger partial charge in [0.2, 0.25) is 0 Å². The third-order valence-corrected chi connectivity index (χ3v) is 4.04. The van der Waals surface area contributed by atoms with Gasteiger partial charge in [0.15, 0.2) is 11.6 Å². The van der Waals surface area contributed by atoms with Crippen molar-refractivity contribution in [2.45, 2.75) is 47.5 Å². The Morgan fingerprint density at radius 3 is 1.53 bits per heavy atom. The molecule has 0 N–H and O–H groups in total. The van der Waals surface area contributed by atoms with Gasteiger partial charge in [-0.1, -0.05) is 0 Å². The van der Waals surface area contributed by atoms with Crippen LogP contribution in [0.5, 0.6) is 0 Å². The zero-order chi connectivity index (χ0) is 23.3. The quantitative estimate of drug-likeness (QED) is 0.223. The van der Waals surface area contributed by atoms with Crippen LogP contribution in [0, 0.1) is 17.8 Å². The third kappa shape index (κ3) is 8.71. The minimum absolute atomic E-state index is 0.0317. The fourth-order valence-electron chi connectivity index (χ4n) is 2.57. The molecule has 3 atom stereocenters. The molecular formula is C20H30O10. The normalized spacial score (nSPS) is 13.4. The molecule has 0 aliphatic heterocycles. The van der Waals surface area contributed by atoms with Crippen LogP contribution < -0.4 is 0 Å². The van der Waals surface area contributed by atoms with E-state index in [0.717, 1.165) is 0 Å². The second-order valence-corrected chi connectivity index (χ2v) is 6.17. The number of hydrogen-bond donors (Lipinski definition) is 0. The van der Waals surface area contributed by atoms with Gasteiger partial charge in [0, 0.05) is 0 Å². The van der Waals surface area contributed by atoms with Gasteiger partial charge in [-0.05, 0) is 41.0 Å². The Kier molecular flexibility index (Phi) is 12.9. The summed E-state index contributed by atoms with van der Waals surface area (Å²) in [6.07, 6.45) is -1.33. The molecule has 0 spiro atoms. The lowest BCUT2D eigenvalue weighted by molar-refractivity contribution is -0.158. The molecule has 0 aliphatic rings. The Balaban J connectivity index is 5.79. The minimum atomic E-state index is -1.59. The third-order valence-electron chi connectivity index (χ3n) is 4.04. The largest absolute Gasteiger partial charge is 0.466 e. The van der Waals surface area contributed by atoms with Crippen molar-refractivity contribution in [2.24, 2.45) is 17.8 Å². The fourth-order valence-corrected chi connectivity index (χ4v) is 2.57. The van der Waals surface area contributed by atoms with Crippen LogP contribution in [-0.4, -0.2) is 61.9 Å². The minimum Gasteiger partial charge on any atom is -0.466 e. The van der Waals surface area contributed by atoms with Crippen molar-refractivity contribution < 1.29 is 47.7 Å². The summed E-state index contributed by atoms with van der Waals surface area (Å²) >= 11 is 0. The Morgan fingerprint density at radius 2 is 1.07 bits per heavy atom. The van der Waals surface area contributed by atoms with Crippen molar-refractivity contribution in [1.29, 1.82) is 0 Å². The molecule has 0 amide bonds. The van der Waals surface area contributed by atoms with E-state index in [4.69, 9.17) is 18.9 Å². The Labute approximate surface area is 175 Å². The van der Waals surface area contributed by atoms with Gasteiger partial charge in [-0.25, -0.2) is 0 Å². The van der Waals surface area contributed by atoms with Crippen LogP contribution in [0.3, 0.4) is 0 Å². The number of carbonyl (C=O) groups excluding carboxylic acids is 6. The van der Waals surface area contributed by atoms with Crippen LogP contribution in [0.15, 0.2) is 0 Å². The van der Waals surface area contributed by atoms with Crippen molar-refractivity contribution in [3.8, 4) is 0 Å². The van der Waals surface area contributed by atoms with E-state index in [1.807, 2.05) is 0 Å². The van der Waals surface area contributed by atoms with Gasteiger partial charge in [0.25, 0.3) is 0 Å². The highest BCUT2D eigenvalue weighted by molar-refractivity contribution is 6.10. The lowest BCUT2D eigenvalue weighted by Crippen LogP contribution is -2.39. The van der Waals surface area contributed by atoms with Crippen LogP contribution in [0.25, 0.3) is 0 Å². The monoisotopic (exact) mass is 430 g/mol. The van der Waals surface area contributed by atoms with E-state index in [-0.39, 0.29) is 26.4 Å². The lowest BCUT2D eigenvalue weighted by Gasteiger charge is -2.21. The van der Waals surface area contributed by atoms with Crippen molar-refractivity contribution >= 4 is 35.4 Å². The first-order valence-electron chi connectivity index (χ1n) is 9.86. The van der Waals surface area contributed by atoms with Gasteiger partial charge in [0.05, 0.1) is 26.4 Å². The zero-order valence-electron chi connectivity index (χ0n) is 18.1. The molecule has 10 heteroatoms. The average molecular weight is 430 g/mol. The smallest absolute Gasteiger partial charge is 0.316 e. The summed E-state index contributed by atoms with van der Waals surface area (Å²) in [4.78, 5) is 73.6. The van der Waals surface area contributed by atoms with E-state index in [9.17, 15) is 28.8 Å². The Hall–Kier alpha value is -2.78. The van der Waals surface area contributed by atoms with Gasteiger partial charge >= 0.3 is 23.9 Å². The number of esters is 4. The van der Waals surface area contributed by atoms with Gasteiger partial charge in [0.1, 0.15) is 24.2 Å². The number of Topliss-reactive ketones (excluding diaryl/α,β-unsaturated/α-hetero) is 2. The predicted molar refractivity (Wildman–Crippen MR) is 102 cm³/mol. The summed E-state index contributed by atoms with van der Waals surface area (Å²) in [7, 11) is 0. The van der Waals surface area contributed by atoms with Gasteiger partial charge in [-0.15, -0.1) is 0 Å². The van der Waals surface area contributed by atoms with Gasteiger partial charge in [-0.3, -0.25) is 28.8 Å². The molecular weight excluding hydrogens is 400 g/mol. The summed E-state index contributed by atoms with van der Waals surface area (Å²) < 4.78 is 19.3. The Morgan fingerprint density at radius 1 is 0.633 bits per heavy atom. The molecule has 0 rings (SSSR count). The maximum absolute atomic E-state index is 12.8. The SMILES string of the molecule is CCOC(=O)CC(=O)C(CC(C(=O)OCC)C(=O)C(C)C(=O)OCC)C(=O)OCC. The summed E-state index contributed by atoms with van der Waals surface area (Å²) in [5.74, 6) is -9.88. The Bertz CT molecular complexity index is 639. The van der Waals surface area contributed by atoms with Crippen LogP contribution in [0.2, 0.25) is 0 Å². The molecule has 0 bridgehead atoms. The molecule has 0 fully saturated rings. The molecule has 0 heterocycles. The first kappa shape index (κ1) is 27.2. The van der Waals surface area contributed by atoms with Crippen LogP contribution in [0.4, 0.5) is 0 Å². The fraction of sp³-hybridized carbons (Fsp3) is 0.700. The molecule has 30 heavy (non-hydrogen) atoms. The van der Waals surface area contributed by atoms with Crippen LogP contribution in [-0.2, 0) is 47.7 Å². The van der Waals surface area contributed by atoms with Crippen LogP contribution in [0.1, 0.15) is 47.5 Å². The van der Waals surface area contributed by atoms with E-state index in [2.05, 4.69) is 0 Å². The average Bonchev–Trinajstić information content (AvgIpc) is 2.68. The predicted octanol–water partition coefficient (Wildman–Crippen LogP) is 1.03. The van der Waals surface area contributed by atoms with E-state index < -0.39 is 66.0 Å². The summed E-state index contributed by atoms with van der Waals surface area (Å²) in [5, 5.41) is 0. The molecule has 0 saturated heterocycles. The second-order valence-electron chi connectivity index (χ2n) is 6.17. The van der Waals surface area contributed by atoms with Crippen molar-refractivity contribution in [3.05, 3.63) is 0 Å². The van der Waals surface area contributed by atoms with E-state index >= 15 is 0 Å². The summed E-state index contributed by atoms with van der Waals surface area (Å²) in [5.41, 5.74) is 0. The lowest BCUT2D eigenvalue weighted by atomic mass is 9.84. The molecule has 0 aromatic heterocycles. The maximum Gasteiger partial charge on any atom is 0.316 e. The number of carbonyl (C=O) groups is 6. The van der Waals surface area contributed by atoms with Gasteiger partial charge in [-0.2, -0.15) is 0 Å². The zero-order valence-corrected chi connectivity index (χ0v) is 18.1. The molecule has 10 nitrogen and oxygen atoms in total. The van der Waals surface area contributed by atoms with E-state index in [1.54, 1.807) is 13.8 Å². The number of hydrogen-bond acceptors (Lipinski definition) is 10. The number of rotatable bonds is 14.